The number of nitrogens with zero attached hydrogens (tertiary/aromatic N) is 8. The second kappa shape index (κ2) is 13.0. The van der Waals surface area contributed by atoms with E-state index in [4.69, 9.17) is 29.1 Å². The van der Waals surface area contributed by atoms with Crippen molar-refractivity contribution in [3.05, 3.63) is 34.9 Å². The third kappa shape index (κ3) is 7.05. The van der Waals surface area contributed by atoms with Crippen LogP contribution in [-0.4, -0.2) is 82.1 Å². The van der Waals surface area contributed by atoms with E-state index in [2.05, 4.69) is 57.2 Å². The molecule has 42 heavy (non-hydrogen) atoms. The zero-order valence-corrected chi connectivity index (χ0v) is 23.7. The van der Waals surface area contributed by atoms with Crippen LogP contribution in [0.5, 0.6) is 0 Å². The van der Waals surface area contributed by atoms with Crippen LogP contribution in [0.2, 0.25) is 0 Å². The average Bonchev–Trinajstić information content (AvgIpc) is 3.24. The molecule has 0 aliphatic carbocycles. The molecule has 0 bridgehead atoms. The third-order valence-electron chi connectivity index (χ3n) is 6.73. The maximum Gasteiger partial charge on any atom is 0.320 e. The van der Waals surface area contributed by atoms with Gasteiger partial charge in [0, 0.05) is 37.4 Å². The molecule has 11 N–H and O–H groups in total. The molecule has 0 saturated carbocycles. The molecule has 1 spiro atoms. The molecular formula is C22H33ClN16O3. The summed E-state index contributed by atoms with van der Waals surface area (Å²) in [6.07, 6.45) is 0.752. The molecule has 1 aromatic heterocycles. The van der Waals surface area contributed by atoms with Crippen molar-refractivity contribution in [1.82, 2.24) is 36.2 Å². The van der Waals surface area contributed by atoms with Gasteiger partial charge in [-0.3, -0.25) is 26.1 Å². The molecule has 3 aliphatic rings. The molecule has 0 aromatic carbocycles. The highest BCUT2D eigenvalue weighted by atomic mass is 35.5. The Morgan fingerprint density at radius 2 is 1.93 bits per heavy atom. The average molecular weight is 605 g/mol. The molecule has 2 fully saturated rings. The number of pyridine rings is 1. The number of amides is 4. The van der Waals surface area contributed by atoms with Gasteiger partial charge in [-0.2, -0.15) is 0 Å². The summed E-state index contributed by atoms with van der Waals surface area (Å²) in [5.74, 6) is 16.0. The van der Waals surface area contributed by atoms with E-state index in [0.717, 1.165) is 0 Å². The Hall–Kier alpha value is -4.46. The molecule has 4 amide bonds. The summed E-state index contributed by atoms with van der Waals surface area (Å²) in [5.41, 5.74) is -0.174. The van der Waals surface area contributed by atoms with Gasteiger partial charge in [0.1, 0.15) is 12.1 Å². The number of rotatable bonds is 7. The minimum absolute atomic E-state index is 0.00903. The van der Waals surface area contributed by atoms with Crippen LogP contribution in [0.15, 0.2) is 55.0 Å². The first-order chi connectivity index (χ1) is 20.0. The van der Waals surface area contributed by atoms with E-state index in [1.807, 2.05) is 13.8 Å². The molecule has 2 atom stereocenters. The Labute approximate surface area is 245 Å². The number of aliphatic imine (C=N–C) groups is 1. The van der Waals surface area contributed by atoms with E-state index < -0.39 is 23.9 Å². The number of halogens is 1. The Morgan fingerprint density at radius 1 is 1.19 bits per heavy atom. The van der Waals surface area contributed by atoms with Crippen LogP contribution in [0.4, 0.5) is 10.6 Å². The molecule has 3 aliphatic heterocycles. The summed E-state index contributed by atoms with van der Waals surface area (Å²) in [7, 11) is 0. The molecule has 0 radical (unpaired) electrons. The van der Waals surface area contributed by atoms with Crippen LogP contribution < -0.4 is 44.1 Å². The number of nitrogens with two attached hydrogens (primary N) is 3. The molecule has 1 aromatic rings. The van der Waals surface area contributed by atoms with Crippen LogP contribution in [-0.2, 0) is 4.79 Å². The van der Waals surface area contributed by atoms with Gasteiger partial charge >= 0.3 is 6.03 Å². The van der Waals surface area contributed by atoms with Crippen LogP contribution in [0, 0.1) is 0 Å². The Kier molecular flexibility index (Phi) is 9.45. The quantitative estimate of drug-likeness (QED) is 0.0826. The lowest BCUT2D eigenvalue weighted by atomic mass is 9.88. The molecule has 4 heterocycles. The van der Waals surface area contributed by atoms with E-state index >= 15 is 0 Å². The fraction of sp³-hybridized carbons (Fsp3) is 0.500. The first-order valence-electron chi connectivity index (χ1n) is 12.9. The smallest absolute Gasteiger partial charge is 0.320 e. The van der Waals surface area contributed by atoms with Crippen molar-refractivity contribution in [3.8, 4) is 0 Å². The highest BCUT2D eigenvalue weighted by Gasteiger charge is 2.46. The van der Waals surface area contributed by atoms with E-state index in [0.29, 0.717) is 43.9 Å². The molecule has 4 rings (SSSR count). The molecule has 2 unspecified atom stereocenters. The second-order valence-corrected chi connectivity index (χ2v) is 10.4. The van der Waals surface area contributed by atoms with Crippen LogP contribution in [0.25, 0.3) is 0 Å². The van der Waals surface area contributed by atoms with Gasteiger partial charge in [0.2, 0.25) is 0 Å². The Balaban J connectivity index is 1.34. The summed E-state index contributed by atoms with van der Waals surface area (Å²) in [5, 5.41) is 29.2. The number of likely N-dealkylation sites (tertiary alicyclic amines) is 1. The second-order valence-electron chi connectivity index (χ2n) is 10.1. The topological polar surface area (TPSA) is 271 Å². The Bertz CT molecular complexity index is 1300. The minimum Gasteiger partial charge on any atom is -0.338 e. The lowest BCUT2D eigenvalue weighted by Gasteiger charge is -2.39. The highest BCUT2D eigenvalue weighted by Crippen LogP contribution is 2.29. The van der Waals surface area contributed by atoms with Gasteiger partial charge < -0.3 is 32.5 Å². The van der Waals surface area contributed by atoms with Crippen molar-refractivity contribution in [2.45, 2.75) is 50.7 Å². The van der Waals surface area contributed by atoms with Gasteiger partial charge in [-0.25, -0.2) is 19.8 Å². The number of carbonyl (C=O) groups is 3. The number of hydrogen-bond donors (Lipinski definition) is 8. The summed E-state index contributed by atoms with van der Waals surface area (Å²) in [4.78, 5) is 48.0. The number of hydrazine groups is 1. The van der Waals surface area contributed by atoms with Gasteiger partial charge in [0.15, 0.2) is 22.9 Å². The molecule has 226 valence electrons. The normalized spacial score (nSPS) is 22.5. The summed E-state index contributed by atoms with van der Waals surface area (Å²) < 4.78 is 0. The highest BCUT2D eigenvalue weighted by molar-refractivity contribution is 6.43. The van der Waals surface area contributed by atoms with Crippen molar-refractivity contribution in [3.63, 3.8) is 0 Å². The fourth-order valence-electron chi connectivity index (χ4n) is 4.74. The fourth-order valence-corrected chi connectivity index (χ4v) is 4.92. The predicted octanol–water partition coefficient (Wildman–Crippen LogP) is -0.847. The van der Waals surface area contributed by atoms with Crippen molar-refractivity contribution in [2.75, 3.05) is 25.0 Å². The van der Waals surface area contributed by atoms with Crippen molar-refractivity contribution >= 4 is 41.0 Å². The van der Waals surface area contributed by atoms with Crippen LogP contribution in [0.3, 0.4) is 0 Å². The number of carbonyl (C=O) groups excluding carboxylic acids is 3. The van der Waals surface area contributed by atoms with E-state index in [-0.39, 0.29) is 34.7 Å². The third-order valence-corrected chi connectivity index (χ3v) is 6.99. The van der Waals surface area contributed by atoms with Crippen LogP contribution >= 0.6 is 11.6 Å². The van der Waals surface area contributed by atoms with E-state index in [1.165, 1.54) is 11.2 Å². The maximum absolute atomic E-state index is 13.1. The number of urea groups is 1. The maximum atomic E-state index is 13.1. The van der Waals surface area contributed by atoms with Gasteiger partial charge in [-0.05, 0) is 38.8 Å². The van der Waals surface area contributed by atoms with E-state index in [9.17, 15) is 14.4 Å². The van der Waals surface area contributed by atoms with Crippen molar-refractivity contribution in [2.24, 2.45) is 43.2 Å². The Morgan fingerprint density at radius 3 is 2.55 bits per heavy atom. The molecule has 19 nitrogen and oxygen atoms in total. The summed E-state index contributed by atoms with van der Waals surface area (Å²) in [6.45, 7) is 5.01. The number of anilines is 1. The molecule has 2 saturated heterocycles. The molecule has 20 heteroatoms. The van der Waals surface area contributed by atoms with E-state index in [1.54, 1.807) is 17.0 Å². The predicted molar refractivity (Wildman–Crippen MR) is 151 cm³/mol. The minimum atomic E-state index is -1.09. The first-order valence-corrected chi connectivity index (χ1v) is 13.3. The standard InChI is InChI=1S/C22H33ClN16O3/c1-11(2)28-21(42)29-13-4-3-12(9-27-13)19(41)38-7-5-22(6-8-38)10-39(26)20(33-22)32-18(40)14-16(34-36-24)31-17(35-37-25)15(23)30-14/h3-4,9,11,16,20,31,33H,5-8,10,26H2,1-2H3,(H2,24,34)(H2,25,35)(H,32,40)(H2,27,28,29,42). The largest absolute Gasteiger partial charge is 0.338 e. The number of nitrogens with one attached hydrogen (secondary N) is 5. The van der Waals surface area contributed by atoms with Crippen LogP contribution in [0.1, 0.15) is 37.0 Å². The van der Waals surface area contributed by atoms with Gasteiger partial charge in [-0.1, -0.05) is 22.0 Å². The first kappa shape index (κ1) is 30.5. The zero-order chi connectivity index (χ0) is 30.4. The molecular weight excluding hydrogens is 572 g/mol. The zero-order valence-electron chi connectivity index (χ0n) is 22.9. The summed E-state index contributed by atoms with van der Waals surface area (Å²) in [6, 6.07) is 2.80. The van der Waals surface area contributed by atoms with Crippen molar-refractivity contribution in [1.29, 1.82) is 0 Å². The number of hydrogen-bond acceptors (Lipinski definition) is 13. The van der Waals surface area contributed by atoms with Gasteiger partial charge in [0.05, 0.1) is 5.56 Å². The van der Waals surface area contributed by atoms with Crippen molar-refractivity contribution < 1.29 is 14.4 Å². The summed E-state index contributed by atoms with van der Waals surface area (Å²) >= 11 is 6.09. The number of piperidine rings is 1. The SMILES string of the molecule is CC(C)NC(=O)Nc1ccc(C(=O)N2CCC3(CC2)CN(N)C(NC(=O)C2=NC(Cl)=C(N=NN)NC2N=NN)N3)cn1. The van der Waals surface area contributed by atoms with Gasteiger partial charge in [0.25, 0.3) is 11.8 Å². The monoisotopic (exact) mass is 604 g/mol. The lowest BCUT2D eigenvalue weighted by Crippen LogP contribution is -2.59. The lowest BCUT2D eigenvalue weighted by molar-refractivity contribution is -0.116. The van der Waals surface area contributed by atoms with Gasteiger partial charge in [-0.15, -0.1) is 10.2 Å². The number of aromatic nitrogens is 1.